The van der Waals surface area contributed by atoms with Gasteiger partial charge in [-0.15, -0.1) is 0 Å². The van der Waals surface area contributed by atoms with Crippen LogP contribution in [-0.2, 0) is 11.2 Å². The molecule has 0 amide bonds. The zero-order chi connectivity index (χ0) is 10.4. The zero-order valence-corrected chi connectivity index (χ0v) is 9.64. The van der Waals surface area contributed by atoms with Crippen LogP contribution in [-0.4, -0.2) is 31.3 Å². The van der Waals surface area contributed by atoms with Crippen LogP contribution in [0.15, 0.2) is 16.8 Å². The average molecular weight is 211 g/mol. The second kappa shape index (κ2) is 5.94. The third-order valence-corrected chi connectivity index (χ3v) is 2.84. The molecule has 0 atom stereocenters. The number of aryl methyl sites for hydroxylation is 1. The minimum absolute atomic E-state index is 0.366. The maximum absolute atomic E-state index is 11.4. The zero-order valence-electron chi connectivity index (χ0n) is 8.82. The first kappa shape index (κ1) is 11.4. The predicted octanol–water partition coefficient (Wildman–Crippen LogP) is 2.20. The van der Waals surface area contributed by atoms with Crippen LogP contribution in [0.4, 0.5) is 0 Å². The van der Waals surface area contributed by atoms with Gasteiger partial charge in [-0.2, -0.15) is 11.3 Å². The first-order valence-electron chi connectivity index (χ1n) is 4.86. The number of carbonyl (C=O) groups is 1. The van der Waals surface area contributed by atoms with Crippen LogP contribution in [0.25, 0.3) is 0 Å². The van der Waals surface area contributed by atoms with Crippen molar-refractivity contribution in [1.29, 1.82) is 0 Å². The largest absolute Gasteiger partial charge is 0.309 e. The molecule has 3 heteroatoms. The molecule has 2 nitrogen and oxygen atoms in total. The van der Waals surface area contributed by atoms with E-state index in [2.05, 4.69) is 16.8 Å². The summed E-state index contributed by atoms with van der Waals surface area (Å²) in [7, 11) is 3.98. The van der Waals surface area contributed by atoms with Gasteiger partial charge >= 0.3 is 0 Å². The summed E-state index contributed by atoms with van der Waals surface area (Å²) in [6.45, 7) is 0.864. The van der Waals surface area contributed by atoms with Crippen LogP contribution in [0.2, 0.25) is 0 Å². The minimum Gasteiger partial charge on any atom is -0.309 e. The summed E-state index contributed by atoms with van der Waals surface area (Å²) in [6.07, 6.45) is 2.26. The van der Waals surface area contributed by atoms with Gasteiger partial charge in [0.05, 0.1) is 0 Å². The van der Waals surface area contributed by atoms with Gasteiger partial charge in [0.25, 0.3) is 0 Å². The van der Waals surface area contributed by atoms with Gasteiger partial charge in [-0.1, -0.05) is 0 Å². The second-order valence-corrected chi connectivity index (χ2v) is 4.50. The van der Waals surface area contributed by atoms with Crippen molar-refractivity contribution in [1.82, 2.24) is 4.90 Å². The number of hydrogen-bond acceptors (Lipinski definition) is 3. The smallest absolute Gasteiger partial charge is 0.134 e. The summed E-state index contributed by atoms with van der Waals surface area (Å²) >= 11 is 1.69. The lowest BCUT2D eigenvalue weighted by Crippen LogP contribution is -2.16. The van der Waals surface area contributed by atoms with Crippen LogP contribution in [0.1, 0.15) is 18.4 Å². The minimum atomic E-state index is 0.366. The first-order valence-corrected chi connectivity index (χ1v) is 5.80. The van der Waals surface area contributed by atoms with Crippen LogP contribution in [0.5, 0.6) is 0 Å². The van der Waals surface area contributed by atoms with Crippen molar-refractivity contribution in [3.05, 3.63) is 22.4 Å². The summed E-state index contributed by atoms with van der Waals surface area (Å²) < 4.78 is 0. The van der Waals surface area contributed by atoms with Crippen molar-refractivity contribution >= 4 is 17.1 Å². The SMILES string of the molecule is CN(C)CCC(=O)CCc1ccsc1. The Kier molecular flexibility index (Phi) is 4.84. The van der Waals surface area contributed by atoms with E-state index < -0.39 is 0 Å². The Labute approximate surface area is 89.5 Å². The van der Waals surface area contributed by atoms with E-state index in [4.69, 9.17) is 0 Å². The molecule has 0 unspecified atom stereocenters. The normalized spacial score (nSPS) is 10.8. The average Bonchev–Trinajstić information content (AvgIpc) is 2.63. The number of hydrogen-bond donors (Lipinski definition) is 0. The van der Waals surface area contributed by atoms with Gasteiger partial charge in [0.2, 0.25) is 0 Å². The third kappa shape index (κ3) is 4.53. The van der Waals surface area contributed by atoms with Crippen molar-refractivity contribution < 1.29 is 4.79 Å². The molecule has 1 aromatic rings. The van der Waals surface area contributed by atoms with Crippen molar-refractivity contribution in [3.63, 3.8) is 0 Å². The lowest BCUT2D eigenvalue weighted by atomic mass is 10.1. The fourth-order valence-electron chi connectivity index (χ4n) is 1.19. The van der Waals surface area contributed by atoms with E-state index in [1.807, 2.05) is 19.0 Å². The molecular formula is C11H17NOS. The fraction of sp³-hybridized carbons (Fsp3) is 0.545. The molecule has 0 aliphatic heterocycles. The van der Waals surface area contributed by atoms with Gasteiger partial charge in [-0.3, -0.25) is 4.79 Å². The number of carbonyl (C=O) groups excluding carboxylic acids is 1. The fourth-order valence-corrected chi connectivity index (χ4v) is 1.90. The molecule has 1 rings (SSSR count). The molecule has 0 saturated heterocycles. The highest BCUT2D eigenvalue weighted by atomic mass is 32.1. The van der Waals surface area contributed by atoms with Crippen molar-refractivity contribution in [2.75, 3.05) is 20.6 Å². The molecule has 14 heavy (non-hydrogen) atoms. The Morgan fingerprint density at radius 2 is 2.21 bits per heavy atom. The number of nitrogens with zero attached hydrogens (tertiary/aromatic N) is 1. The molecule has 1 heterocycles. The van der Waals surface area contributed by atoms with Crippen molar-refractivity contribution in [3.8, 4) is 0 Å². The maximum atomic E-state index is 11.4. The predicted molar refractivity (Wildman–Crippen MR) is 60.8 cm³/mol. The quantitative estimate of drug-likeness (QED) is 0.719. The molecule has 0 N–H and O–H groups in total. The Balaban J connectivity index is 2.15. The summed E-state index contributed by atoms with van der Waals surface area (Å²) in [5.41, 5.74) is 1.29. The third-order valence-electron chi connectivity index (χ3n) is 2.11. The van der Waals surface area contributed by atoms with E-state index in [9.17, 15) is 4.79 Å². The molecule has 0 bridgehead atoms. The number of rotatable bonds is 6. The number of thiophene rings is 1. The van der Waals surface area contributed by atoms with Gasteiger partial charge in [-0.05, 0) is 42.9 Å². The molecule has 0 aliphatic rings. The van der Waals surface area contributed by atoms with Crippen LogP contribution in [0, 0.1) is 0 Å². The van der Waals surface area contributed by atoms with E-state index in [1.165, 1.54) is 5.56 Å². The molecule has 1 aromatic heterocycles. The van der Waals surface area contributed by atoms with Crippen LogP contribution in [0.3, 0.4) is 0 Å². The van der Waals surface area contributed by atoms with E-state index in [0.717, 1.165) is 13.0 Å². The van der Waals surface area contributed by atoms with Crippen LogP contribution < -0.4 is 0 Å². The lowest BCUT2D eigenvalue weighted by Gasteiger charge is -2.07. The molecular weight excluding hydrogens is 194 g/mol. The highest BCUT2D eigenvalue weighted by Crippen LogP contribution is 2.09. The second-order valence-electron chi connectivity index (χ2n) is 3.72. The maximum Gasteiger partial charge on any atom is 0.134 e. The summed E-state index contributed by atoms with van der Waals surface area (Å²) in [4.78, 5) is 13.5. The van der Waals surface area contributed by atoms with Gasteiger partial charge in [0, 0.05) is 19.4 Å². The van der Waals surface area contributed by atoms with E-state index in [1.54, 1.807) is 11.3 Å². The van der Waals surface area contributed by atoms with Gasteiger partial charge in [0.15, 0.2) is 0 Å². The van der Waals surface area contributed by atoms with Crippen LogP contribution >= 0.6 is 11.3 Å². The molecule has 0 aliphatic carbocycles. The molecule has 0 aromatic carbocycles. The topological polar surface area (TPSA) is 20.3 Å². The number of ketones is 1. The molecule has 0 spiro atoms. The summed E-state index contributed by atoms with van der Waals surface area (Å²) in [5.74, 6) is 0.366. The molecule has 0 radical (unpaired) electrons. The van der Waals surface area contributed by atoms with Gasteiger partial charge in [-0.25, -0.2) is 0 Å². The highest BCUT2D eigenvalue weighted by molar-refractivity contribution is 7.07. The van der Waals surface area contributed by atoms with Crippen molar-refractivity contribution in [2.24, 2.45) is 0 Å². The Hall–Kier alpha value is -0.670. The number of Topliss-reactive ketones (excluding diaryl/α,β-unsaturated/α-hetero) is 1. The first-order chi connectivity index (χ1) is 6.68. The monoisotopic (exact) mass is 211 g/mol. The molecule has 0 saturated carbocycles. The van der Waals surface area contributed by atoms with Crippen molar-refractivity contribution in [2.45, 2.75) is 19.3 Å². The van der Waals surface area contributed by atoms with E-state index >= 15 is 0 Å². The Morgan fingerprint density at radius 3 is 2.79 bits per heavy atom. The Bertz CT molecular complexity index is 267. The Morgan fingerprint density at radius 1 is 1.43 bits per heavy atom. The molecule has 78 valence electrons. The van der Waals surface area contributed by atoms with E-state index in [-0.39, 0.29) is 0 Å². The van der Waals surface area contributed by atoms with Gasteiger partial charge < -0.3 is 4.90 Å². The highest BCUT2D eigenvalue weighted by Gasteiger charge is 2.03. The van der Waals surface area contributed by atoms with E-state index in [0.29, 0.717) is 18.6 Å². The molecule has 0 fully saturated rings. The summed E-state index contributed by atoms with van der Waals surface area (Å²) in [5, 5.41) is 4.17. The standard InChI is InChI=1S/C11H17NOS/c1-12(2)7-5-11(13)4-3-10-6-8-14-9-10/h6,8-9H,3-5,7H2,1-2H3. The van der Waals surface area contributed by atoms with Gasteiger partial charge in [0.1, 0.15) is 5.78 Å². The lowest BCUT2D eigenvalue weighted by molar-refractivity contribution is -0.119. The summed E-state index contributed by atoms with van der Waals surface area (Å²) in [6, 6.07) is 2.09.